The summed E-state index contributed by atoms with van der Waals surface area (Å²) < 4.78 is 5.05. The first-order chi connectivity index (χ1) is 13.0. The van der Waals surface area contributed by atoms with E-state index in [1.54, 1.807) is 6.92 Å². The predicted molar refractivity (Wildman–Crippen MR) is 106 cm³/mol. The number of rotatable bonds is 6. The minimum Gasteiger partial charge on any atom is -0.466 e. The number of hydrogen-bond donors (Lipinski definition) is 0. The fourth-order valence-electron chi connectivity index (χ4n) is 3.72. The molecule has 4 nitrogen and oxygen atoms in total. The fraction of sp³-hybridized carbons (Fsp3) is 0.435. The molecule has 0 bridgehead atoms. The molecular formula is C23H27NO3. The number of ether oxygens (including phenoxy) is 1. The van der Waals surface area contributed by atoms with Crippen molar-refractivity contribution in [3.63, 3.8) is 0 Å². The van der Waals surface area contributed by atoms with E-state index in [2.05, 4.69) is 30.1 Å². The molecule has 0 unspecified atom stereocenters. The Morgan fingerprint density at radius 1 is 1.15 bits per heavy atom. The summed E-state index contributed by atoms with van der Waals surface area (Å²) in [5.41, 5.74) is 7.40. The van der Waals surface area contributed by atoms with Crippen molar-refractivity contribution in [1.29, 1.82) is 0 Å². The van der Waals surface area contributed by atoms with Gasteiger partial charge in [-0.1, -0.05) is 18.2 Å². The molecule has 1 aliphatic rings. The second-order valence-electron chi connectivity index (χ2n) is 7.19. The van der Waals surface area contributed by atoms with Gasteiger partial charge in [-0.25, -0.2) is 4.98 Å². The third-order valence-corrected chi connectivity index (χ3v) is 5.22. The van der Waals surface area contributed by atoms with Gasteiger partial charge in [0.2, 0.25) is 0 Å². The van der Waals surface area contributed by atoms with Gasteiger partial charge in [0.25, 0.3) is 0 Å². The number of esters is 1. The molecule has 0 amide bonds. The third kappa shape index (κ3) is 4.44. The van der Waals surface area contributed by atoms with Crippen LogP contribution in [0.4, 0.5) is 0 Å². The van der Waals surface area contributed by atoms with Crippen LogP contribution in [0.2, 0.25) is 0 Å². The Morgan fingerprint density at radius 3 is 2.67 bits per heavy atom. The van der Waals surface area contributed by atoms with E-state index in [0.717, 1.165) is 53.6 Å². The Labute approximate surface area is 161 Å². The number of carbonyl (C=O) groups is 2. The highest BCUT2D eigenvalue weighted by atomic mass is 16.5. The first-order valence-corrected chi connectivity index (χ1v) is 9.78. The lowest BCUT2D eigenvalue weighted by Crippen LogP contribution is -2.11. The number of nitrogens with zero attached hydrogens (tertiary/aromatic N) is 1. The van der Waals surface area contributed by atoms with E-state index in [1.165, 1.54) is 5.56 Å². The highest BCUT2D eigenvalue weighted by Gasteiger charge is 2.19. The monoisotopic (exact) mass is 365 g/mol. The van der Waals surface area contributed by atoms with E-state index in [1.807, 2.05) is 13.0 Å². The van der Waals surface area contributed by atoms with Crippen molar-refractivity contribution in [2.24, 2.45) is 0 Å². The first-order valence-electron chi connectivity index (χ1n) is 9.78. The molecule has 0 saturated heterocycles. The molecule has 0 atom stereocenters. The smallest absolute Gasteiger partial charge is 0.306 e. The number of fused-ring (bicyclic) bond motifs is 1. The number of hydrogen-bond acceptors (Lipinski definition) is 4. The molecule has 2 aromatic rings. The molecule has 3 rings (SSSR count). The maximum Gasteiger partial charge on any atom is 0.306 e. The molecule has 0 N–H and O–H groups in total. The number of ketones is 1. The minimum absolute atomic E-state index is 0.000676. The normalized spacial score (nSPS) is 13.1. The van der Waals surface area contributed by atoms with E-state index in [0.29, 0.717) is 25.1 Å². The summed E-state index contributed by atoms with van der Waals surface area (Å²) in [7, 11) is 0. The highest BCUT2D eigenvalue weighted by Crippen LogP contribution is 2.33. The summed E-state index contributed by atoms with van der Waals surface area (Å²) in [4.78, 5) is 28.3. The van der Waals surface area contributed by atoms with Crippen molar-refractivity contribution >= 4 is 11.8 Å². The summed E-state index contributed by atoms with van der Waals surface area (Å²) in [6.45, 7) is 5.87. The van der Waals surface area contributed by atoms with E-state index in [9.17, 15) is 9.59 Å². The molecule has 1 aromatic carbocycles. The van der Waals surface area contributed by atoms with Gasteiger partial charge in [-0.3, -0.25) is 9.59 Å². The standard InChI is InChI=1S/C23H27NO3/c1-4-27-23(26)12-11-17-13-18(10-9-15(17)2)20-14-22(16(3)25)24-21-8-6-5-7-19(20)21/h9-10,13-14H,4-8,11-12H2,1-3H3. The SMILES string of the molecule is CCOC(=O)CCc1cc(-c2cc(C(C)=O)nc3c2CCCC3)ccc1C. The van der Waals surface area contributed by atoms with Crippen LogP contribution in [-0.4, -0.2) is 23.3 Å². The Bertz CT molecular complexity index is 870. The number of Topliss-reactive ketones (excluding diaryl/α,β-unsaturated/α-hetero) is 1. The molecule has 27 heavy (non-hydrogen) atoms. The van der Waals surface area contributed by atoms with Crippen molar-refractivity contribution in [3.05, 3.63) is 52.3 Å². The van der Waals surface area contributed by atoms with Crippen LogP contribution >= 0.6 is 0 Å². The quantitative estimate of drug-likeness (QED) is 0.553. The van der Waals surface area contributed by atoms with Crippen molar-refractivity contribution in [2.75, 3.05) is 6.61 Å². The summed E-state index contributed by atoms with van der Waals surface area (Å²) in [6.07, 6.45) is 5.26. The summed E-state index contributed by atoms with van der Waals surface area (Å²) in [5.74, 6) is -0.165. The maximum atomic E-state index is 12.0. The topological polar surface area (TPSA) is 56.3 Å². The lowest BCUT2D eigenvalue weighted by molar-refractivity contribution is -0.143. The van der Waals surface area contributed by atoms with Crippen LogP contribution in [0.1, 0.15) is 66.0 Å². The van der Waals surface area contributed by atoms with Crippen molar-refractivity contribution in [1.82, 2.24) is 4.98 Å². The van der Waals surface area contributed by atoms with E-state index >= 15 is 0 Å². The second kappa shape index (κ2) is 8.47. The van der Waals surface area contributed by atoms with Crippen molar-refractivity contribution in [3.8, 4) is 11.1 Å². The van der Waals surface area contributed by atoms with Gasteiger partial charge < -0.3 is 4.74 Å². The zero-order valence-corrected chi connectivity index (χ0v) is 16.4. The fourth-order valence-corrected chi connectivity index (χ4v) is 3.72. The van der Waals surface area contributed by atoms with Crippen LogP contribution in [0.15, 0.2) is 24.3 Å². The highest BCUT2D eigenvalue weighted by molar-refractivity contribution is 5.94. The van der Waals surface area contributed by atoms with Crippen LogP contribution in [0.25, 0.3) is 11.1 Å². The van der Waals surface area contributed by atoms with Gasteiger partial charge in [0.1, 0.15) is 5.69 Å². The average molecular weight is 365 g/mol. The van der Waals surface area contributed by atoms with Crippen molar-refractivity contribution in [2.45, 2.75) is 59.3 Å². The van der Waals surface area contributed by atoms with Gasteiger partial charge >= 0.3 is 5.97 Å². The van der Waals surface area contributed by atoms with Gasteiger partial charge in [-0.05, 0) is 79.8 Å². The zero-order valence-electron chi connectivity index (χ0n) is 16.4. The number of aromatic nitrogens is 1. The number of aryl methyl sites for hydroxylation is 3. The maximum absolute atomic E-state index is 12.0. The molecule has 1 aromatic heterocycles. The van der Waals surface area contributed by atoms with Gasteiger partial charge in [-0.15, -0.1) is 0 Å². The Morgan fingerprint density at radius 2 is 1.93 bits per heavy atom. The van der Waals surface area contributed by atoms with Gasteiger partial charge in [0.15, 0.2) is 5.78 Å². The minimum atomic E-state index is -0.164. The lowest BCUT2D eigenvalue weighted by atomic mass is 9.87. The Balaban J connectivity index is 1.98. The summed E-state index contributed by atoms with van der Waals surface area (Å²) >= 11 is 0. The Kier molecular flexibility index (Phi) is 6.04. The molecular weight excluding hydrogens is 338 g/mol. The molecule has 0 saturated carbocycles. The van der Waals surface area contributed by atoms with E-state index in [4.69, 9.17) is 4.74 Å². The van der Waals surface area contributed by atoms with Crippen LogP contribution in [0, 0.1) is 6.92 Å². The van der Waals surface area contributed by atoms with Crippen LogP contribution in [0.3, 0.4) is 0 Å². The molecule has 0 spiro atoms. The molecule has 142 valence electrons. The number of pyridine rings is 1. The predicted octanol–water partition coefficient (Wildman–Crippen LogP) is 4.63. The van der Waals surface area contributed by atoms with Crippen LogP contribution in [0.5, 0.6) is 0 Å². The number of carbonyl (C=O) groups excluding carboxylic acids is 2. The van der Waals surface area contributed by atoms with Crippen molar-refractivity contribution < 1.29 is 14.3 Å². The lowest BCUT2D eigenvalue weighted by Gasteiger charge is -2.20. The van der Waals surface area contributed by atoms with E-state index in [-0.39, 0.29) is 11.8 Å². The van der Waals surface area contributed by atoms with E-state index < -0.39 is 0 Å². The molecule has 0 aliphatic heterocycles. The second-order valence-corrected chi connectivity index (χ2v) is 7.19. The van der Waals surface area contributed by atoms with Crippen LogP contribution < -0.4 is 0 Å². The van der Waals surface area contributed by atoms with Gasteiger partial charge in [0, 0.05) is 19.0 Å². The largest absolute Gasteiger partial charge is 0.466 e. The zero-order chi connectivity index (χ0) is 19.4. The van der Waals surface area contributed by atoms with Gasteiger partial charge in [0.05, 0.1) is 6.61 Å². The molecule has 0 fully saturated rings. The molecule has 4 heteroatoms. The molecule has 1 heterocycles. The summed E-state index contributed by atoms with van der Waals surface area (Å²) in [6, 6.07) is 8.30. The molecule has 0 radical (unpaired) electrons. The van der Waals surface area contributed by atoms with Gasteiger partial charge in [-0.2, -0.15) is 0 Å². The average Bonchev–Trinajstić information content (AvgIpc) is 2.66. The van der Waals surface area contributed by atoms with Crippen LogP contribution in [-0.2, 0) is 28.8 Å². The first kappa shape index (κ1) is 19.3. The third-order valence-electron chi connectivity index (χ3n) is 5.22. The summed E-state index contributed by atoms with van der Waals surface area (Å²) in [5, 5.41) is 0. The molecule has 1 aliphatic carbocycles. The Hall–Kier alpha value is -2.49. The number of benzene rings is 1.